The van der Waals surface area contributed by atoms with Gasteiger partial charge in [-0.15, -0.1) is 0 Å². The number of para-hydroxylation sites is 1. The Hall–Kier alpha value is -3.47. The van der Waals surface area contributed by atoms with Crippen LogP contribution in [0.4, 0.5) is 17.2 Å². The van der Waals surface area contributed by atoms with E-state index in [0.717, 1.165) is 28.9 Å². The highest BCUT2D eigenvalue weighted by atomic mass is 16.1. The first-order valence-corrected chi connectivity index (χ1v) is 9.22. The minimum absolute atomic E-state index is 0.00582. The van der Waals surface area contributed by atoms with Crippen LogP contribution in [0.25, 0.3) is 0 Å². The Morgan fingerprint density at radius 1 is 1.00 bits per heavy atom. The number of Topliss-reactive ketones (excluding diaryl/α,β-unsaturated/α-hetero) is 1. The number of amides is 1. The molecule has 2 aromatic carbocycles. The fraction of sp³-hybridized carbons (Fsp3) is 0.174. The van der Waals surface area contributed by atoms with Crippen LogP contribution in [-0.4, -0.2) is 16.7 Å². The average molecular weight is 373 g/mol. The molecule has 0 saturated heterocycles. The molecule has 5 heteroatoms. The number of benzene rings is 2. The summed E-state index contributed by atoms with van der Waals surface area (Å²) >= 11 is 0. The maximum absolute atomic E-state index is 12.6. The molecule has 0 atom stereocenters. The third-order valence-corrected chi connectivity index (χ3v) is 4.55. The highest BCUT2D eigenvalue weighted by Crippen LogP contribution is 2.22. The Kier molecular flexibility index (Phi) is 5.84. The van der Waals surface area contributed by atoms with Crippen molar-refractivity contribution in [1.29, 1.82) is 0 Å². The zero-order chi connectivity index (χ0) is 20.1. The maximum Gasteiger partial charge on any atom is 0.257 e. The van der Waals surface area contributed by atoms with Gasteiger partial charge in [0.2, 0.25) is 0 Å². The number of carbonyl (C=O) groups excluding carboxylic acids is 2. The normalized spacial score (nSPS) is 10.4. The lowest BCUT2D eigenvalue weighted by Crippen LogP contribution is -2.14. The van der Waals surface area contributed by atoms with E-state index in [1.165, 1.54) is 13.1 Å². The number of hydrogen-bond donors (Lipinski definition) is 2. The van der Waals surface area contributed by atoms with E-state index in [4.69, 9.17) is 0 Å². The zero-order valence-corrected chi connectivity index (χ0v) is 16.2. The topological polar surface area (TPSA) is 71.1 Å². The van der Waals surface area contributed by atoms with Crippen molar-refractivity contribution in [3.8, 4) is 0 Å². The predicted octanol–water partition coefficient (Wildman–Crippen LogP) is 5.15. The molecule has 0 aliphatic rings. The first-order chi connectivity index (χ1) is 13.5. The van der Waals surface area contributed by atoms with E-state index < -0.39 is 0 Å². The molecule has 3 rings (SSSR count). The number of pyridine rings is 1. The van der Waals surface area contributed by atoms with Crippen molar-refractivity contribution in [3.05, 3.63) is 83.0 Å². The van der Waals surface area contributed by atoms with Gasteiger partial charge in [-0.05, 0) is 55.7 Å². The van der Waals surface area contributed by atoms with Gasteiger partial charge in [0.15, 0.2) is 5.78 Å². The van der Waals surface area contributed by atoms with Gasteiger partial charge >= 0.3 is 0 Å². The fourth-order valence-electron chi connectivity index (χ4n) is 2.95. The average Bonchev–Trinajstić information content (AvgIpc) is 2.70. The molecular weight excluding hydrogens is 350 g/mol. The van der Waals surface area contributed by atoms with Crippen LogP contribution in [0.5, 0.6) is 0 Å². The molecule has 0 aliphatic carbocycles. The molecule has 0 saturated carbocycles. The summed E-state index contributed by atoms with van der Waals surface area (Å²) in [5.74, 6) is 0.412. The van der Waals surface area contributed by atoms with Gasteiger partial charge < -0.3 is 10.6 Å². The number of aryl methyl sites for hydroxylation is 2. The van der Waals surface area contributed by atoms with Gasteiger partial charge in [-0.25, -0.2) is 4.98 Å². The second-order valence-corrected chi connectivity index (χ2v) is 6.61. The van der Waals surface area contributed by atoms with E-state index in [0.29, 0.717) is 16.9 Å². The minimum atomic E-state index is -0.193. The SMILES string of the molecule is CCc1cccc(C)c1NC(=O)c1ccc(Nc2cccc(C(C)=O)c2)nc1. The largest absolute Gasteiger partial charge is 0.340 e. The van der Waals surface area contributed by atoms with Gasteiger partial charge in [0.25, 0.3) is 5.91 Å². The summed E-state index contributed by atoms with van der Waals surface area (Å²) in [6.45, 7) is 5.58. The number of ketones is 1. The molecule has 3 aromatic rings. The van der Waals surface area contributed by atoms with Crippen molar-refractivity contribution in [1.82, 2.24) is 4.98 Å². The van der Waals surface area contributed by atoms with Crippen LogP contribution in [0, 0.1) is 6.92 Å². The fourth-order valence-corrected chi connectivity index (χ4v) is 2.95. The first kappa shape index (κ1) is 19.3. The van der Waals surface area contributed by atoms with Gasteiger partial charge in [-0.1, -0.05) is 37.3 Å². The van der Waals surface area contributed by atoms with Crippen molar-refractivity contribution in [2.24, 2.45) is 0 Å². The molecule has 5 nitrogen and oxygen atoms in total. The van der Waals surface area contributed by atoms with E-state index in [-0.39, 0.29) is 11.7 Å². The molecule has 0 aliphatic heterocycles. The monoisotopic (exact) mass is 373 g/mol. The summed E-state index contributed by atoms with van der Waals surface area (Å²) in [6, 6.07) is 16.7. The predicted molar refractivity (Wildman–Crippen MR) is 112 cm³/mol. The summed E-state index contributed by atoms with van der Waals surface area (Å²) in [5.41, 5.74) is 4.87. The van der Waals surface area contributed by atoms with Gasteiger partial charge in [0.1, 0.15) is 5.82 Å². The van der Waals surface area contributed by atoms with Crippen molar-refractivity contribution in [2.45, 2.75) is 27.2 Å². The molecule has 2 N–H and O–H groups in total. The van der Waals surface area contributed by atoms with Crippen LogP contribution >= 0.6 is 0 Å². The Morgan fingerprint density at radius 3 is 2.46 bits per heavy atom. The first-order valence-electron chi connectivity index (χ1n) is 9.22. The summed E-state index contributed by atoms with van der Waals surface area (Å²) in [4.78, 5) is 28.4. The molecule has 0 fully saturated rings. The van der Waals surface area contributed by atoms with Gasteiger partial charge in [-0.3, -0.25) is 9.59 Å². The molecule has 1 aromatic heterocycles. The number of rotatable bonds is 6. The highest BCUT2D eigenvalue weighted by molar-refractivity contribution is 6.05. The summed E-state index contributed by atoms with van der Waals surface area (Å²) in [6.07, 6.45) is 2.38. The molecule has 28 heavy (non-hydrogen) atoms. The third-order valence-electron chi connectivity index (χ3n) is 4.55. The molecular formula is C23H23N3O2. The third kappa shape index (κ3) is 4.43. The van der Waals surface area contributed by atoms with Crippen LogP contribution in [-0.2, 0) is 6.42 Å². The molecule has 0 spiro atoms. The van der Waals surface area contributed by atoms with Crippen LogP contribution < -0.4 is 10.6 Å². The van der Waals surface area contributed by atoms with Crippen molar-refractivity contribution in [2.75, 3.05) is 10.6 Å². The lowest BCUT2D eigenvalue weighted by Gasteiger charge is -2.13. The molecule has 142 valence electrons. The standard InChI is InChI=1S/C23H23N3O2/c1-4-17-8-5-7-15(2)22(17)26-23(28)19-11-12-21(24-14-19)25-20-10-6-9-18(13-20)16(3)27/h5-14H,4H2,1-3H3,(H,24,25)(H,26,28). The molecule has 0 bridgehead atoms. The number of anilines is 3. The second kappa shape index (κ2) is 8.48. The smallest absolute Gasteiger partial charge is 0.257 e. The number of nitrogens with zero attached hydrogens (tertiary/aromatic N) is 1. The van der Waals surface area contributed by atoms with Gasteiger partial charge in [0.05, 0.1) is 5.56 Å². The van der Waals surface area contributed by atoms with E-state index >= 15 is 0 Å². The minimum Gasteiger partial charge on any atom is -0.340 e. The van der Waals surface area contributed by atoms with Crippen LogP contribution in [0.1, 0.15) is 45.7 Å². The highest BCUT2D eigenvalue weighted by Gasteiger charge is 2.11. The van der Waals surface area contributed by atoms with Crippen molar-refractivity contribution < 1.29 is 9.59 Å². The van der Waals surface area contributed by atoms with E-state index in [2.05, 4.69) is 22.5 Å². The van der Waals surface area contributed by atoms with Gasteiger partial charge in [0, 0.05) is 23.1 Å². The lowest BCUT2D eigenvalue weighted by atomic mass is 10.1. The van der Waals surface area contributed by atoms with E-state index in [1.807, 2.05) is 37.3 Å². The van der Waals surface area contributed by atoms with Crippen molar-refractivity contribution >= 4 is 28.9 Å². The molecule has 1 amide bonds. The Morgan fingerprint density at radius 2 is 1.79 bits per heavy atom. The quantitative estimate of drug-likeness (QED) is 0.586. The number of aromatic nitrogens is 1. The maximum atomic E-state index is 12.6. The van der Waals surface area contributed by atoms with E-state index in [9.17, 15) is 9.59 Å². The van der Waals surface area contributed by atoms with E-state index in [1.54, 1.807) is 24.3 Å². The molecule has 0 radical (unpaired) electrons. The summed E-state index contributed by atoms with van der Waals surface area (Å²) in [5, 5.41) is 6.15. The Bertz CT molecular complexity index is 1010. The zero-order valence-electron chi connectivity index (χ0n) is 16.2. The van der Waals surface area contributed by atoms with Crippen LogP contribution in [0.2, 0.25) is 0 Å². The summed E-state index contributed by atoms with van der Waals surface area (Å²) in [7, 11) is 0. The summed E-state index contributed by atoms with van der Waals surface area (Å²) < 4.78 is 0. The second-order valence-electron chi connectivity index (χ2n) is 6.61. The Balaban J connectivity index is 1.73. The van der Waals surface area contributed by atoms with Crippen molar-refractivity contribution in [3.63, 3.8) is 0 Å². The van der Waals surface area contributed by atoms with Gasteiger partial charge in [-0.2, -0.15) is 0 Å². The molecule has 1 heterocycles. The van der Waals surface area contributed by atoms with Crippen LogP contribution in [0.3, 0.4) is 0 Å². The number of nitrogens with one attached hydrogen (secondary N) is 2. The number of hydrogen-bond acceptors (Lipinski definition) is 4. The lowest BCUT2D eigenvalue weighted by molar-refractivity contribution is 0.101. The van der Waals surface area contributed by atoms with Crippen LogP contribution in [0.15, 0.2) is 60.8 Å². The number of carbonyl (C=O) groups is 2. The Labute approximate surface area is 164 Å². The molecule has 0 unspecified atom stereocenters.